The lowest BCUT2D eigenvalue weighted by atomic mass is 9.79. The Morgan fingerprint density at radius 3 is 2.81 bits per heavy atom. The Morgan fingerprint density at radius 1 is 1.33 bits per heavy atom. The van der Waals surface area contributed by atoms with Gasteiger partial charge in [0.1, 0.15) is 12.4 Å². The summed E-state index contributed by atoms with van der Waals surface area (Å²) in [4.78, 5) is 12.8. The Labute approximate surface area is 167 Å². The van der Waals surface area contributed by atoms with Gasteiger partial charge in [-0.1, -0.05) is 12.1 Å². The first-order valence-corrected chi connectivity index (χ1v) is 9.54. The molecule has 152 valence electrons. The number of carbonyl (C=O) groups is 1. The molecule has 1 amide bonds. The summed E-state index contributed by atoms with van der Waals surface area (Å²) in [6, 6.07) is 7.41. The molecule has 0 saturated carbocycles. The first-order valence-electron chi connectivity index (χ1n) is 9.54. The predicted octanol–water partition coefficient (Wildman–Crippen LogP) is 2.41. The monoisotopic (exact) mass is 398 g/mol. The molecule has 0 bridgehead atoms. The molecule has 7 heteroatoms. The molecule has 2 aliphatic rings. The van der Waals surface area contributed by atoms with Crippen LogP contribution in [0.2, 0.25) is 0 Å². The van der Waals surface area contributed by atoms with Crippen molar-refractivity contribution in [3.05, 3.63) is 29.8 Å². The number of halogens is 1. The average molecular weight is 399 g/mol. The van der Waals surface area contributed by atoms with Crippen LogP contribution < -0.4 is 15.4 Å². The van der Waals surface area contributed by atoms with Crippen LogP contribution in [0.3, 0.4) is 0 Å². The van der Waals surface area contributed by atoms with Gasteiger partial charge in [-0.3, -0.25) is 4.79 Å². The van der Waals surface area contributed by atoms with Crippen LogP contribution in [0, 0.1) is 5.41 Å². The maximum absolute atomic E-state index is 12.8. The highest BCUT2D eigenvalue weighted by Gasteiger charge is 2.32. The summed E-state index contributed by atoms with van der Waals surface area (Å²) in [6.07, 6.45) is 4.22. The Kier molecular flexibility index (Phi) is 8.83. The molecule has 0 aliphatic carbocycles. The Morgan fingerprint density at radius 2 is 2.11 bits per heavy atom. The van der Waals surface area contributed by atoms with E-state index in [2.05, 4.69) is 10.6 Å². The quantitative estimate of drug-likeness (QED) is 0.703. The zero-order valence-electron chi connectivity index (χ0n) is 16.0. The second kappa shape index (κ2) is 10.9. The van der Waals surface area contributed by atoms with Crippen molar-refractivity contribution in [2.75, 3.05) is 46.6 Å². The van der Waals surface area contributed by atoms with Crippen molar-refractivity contribution in [2.45, 2.75) is 31.8 Å². The molecule has 2 heterocycles. The van der Waals surface area contributed by atoms with Crippen molar-refractivity contribution in [3.8, 4) is 5.75 Å². The van der Waals surface area contributed by atoms with Gasteiger partial charge in [0, 0.05) is 25.7 Å². The SMILES string of the molecule is COCC1(CNC(=O)c2ccccc2OCC2CCCO2)CCNCC1.Cl. The molecule has 27 heavy (non-hydrogen) atoms. The summed E-state index contributed by atoms with van der Waals surface area (Å²) >= 11 is 0. The van der Waals surface area contributed by atoms with Gasteiger partial charge in [0.2, 0.25) is 0 Å². The summed E-state index contributed by atoms with van der Waals surface area (Å²) in [5.41, 5.74) is 0.579. The van der Waals surface area contributed by atoms with Gasteiger partial charge in [-0.2, -0.15) is 0 Å². The van der Waals surface area contributed by atoms with Gasteiger partial charge in [-0.05, 0) is 50.9 Å². The fourth-order valence-electron chi connectivity index (χ4n) is 3.74. The van der Waals surface area contributed by atoms with Crippen molar-refractivity contribution in [1.82, 2.24) is 10.6 Å². The van der Waals surface area contributed by atoms with Gasteiger partial charge in [-0.15, -0.1) is 12.4 Å². The summed E-state index contributed by atoms with van der Waals surface area (Å²) in [5, 5.41) is 6.47. The standard InChI is InChI=1S/C20H30N2O4.ClH/c1-24-15-20(8-10-21-11-9-20)14-22-19(23)17-6-2-3-7-18(17)26-13-16-5-4-12-25-16;/h2-3,6-7,16,21H,4-5,8-15H2,1H3,(H,22,23);1H. The number of nitrogens with one attached hydrogen (secondary N) is 2. The zero-order valence-corrected chi connectivity index (χ0v) is 16.8. The number of benzene rings is 1. The lowest BCUT2D eigenvalue weighted by Gasteiger charge is -2.37. The number of rotatable bonds is 8. The molecule has 3 rings (SSSR count). The van der Waals surface area contributed by atoms with Crippen molar-refractivity contribution >= 4 is 18.3 Å². The Hall–Kier alpha value is -1.34. The minimum Gasteiger partial charge on any atom is -0.490 e. The summed E-state index contributed by atoms with van der Waals surface area (Å²) < 4.78 is 16.9. The molecular weight excluding hydrogens is 368 g/mol. The van der Waals surface area contributed by atoms with E-state index in [1.54, 1.807) is 7.11 Å². The first-order chi connectivity index (χ1) is 12.7. The van der Waals surface area contributed by atoms with Crippen molar-refractivity contribution in [3.63, 3.8) is 0 Å². The molecule has 0 aromatic heterocycles. The van der Waals surface area contributed by atoms with Gasteiger partial charge >= 0.3 is 0 Å². The minimum absolute atomic E-state index is 0. The summed E-state index contributed by atoms with van der Waals surface area (Å²) in [7, 11) is 1.72. The van der Waals surface area contributed by atoms with E-state index < -0.39 is 0 Å². The van der Waals surface area contributed by atoms with E-state index >= 15 is 0 Å². The lowest BCUT2D eigenvalue weighted by Crippen LogP contribution is -2.47. The van der Waals surface area contributed by atoms with Crippen molar-refractivity contribution in [2.24, 2.45) is 5.41 Å². The smallest absolute Gasteiger partial charge is 0.255 e. The van der Waals surface area contributed by atoms with E-state index in [4.69, 9.17) is 14.2 Å². The maximum Gasteiger partial charge on any atom is 0.255 e. The number of piperidine rings is 1. The lowest BCUT2D eigenvalue weighted by molar-refractivity contribution is 0.0508. The molecule has 1 aromatic carbocycles. The average Bonchev–Trinajstić information content (AvgIpc) is 3.19. The first kappa shape index (κ1) is 22.0. The number of para-hydroxylation sites is 1. The Balaban J connectivity index is 0.00000261. The van der Waals surface area contributed by atoms with Crippen LogP contribution in [0.5, 0.6) is 5.75 Å². The van der Waals surface area contributed by atoms with Crippen LogP contribution >= 0.6 is 12.4 Å². The zero-order chi connectivity index (χ0) is 18.2. The normalized spacial score (nSPS) is 21.3. The van der Waals surface area contributed by atoms with Crippen molar-refractivity contribution in [1.29, 1.82) is 0 Å². The predicted molar refractivity (Wildman–Crippen MR) is 107 cm³/mol. The highest BCUT2D eigenvalue weighted by atomic mass is 35.5. The van der Waals surface area contributed by atoms with Crippen LogP contribution in [0.15, 0.2) is 24.3 Å². The molecule has 1 unspecified atom stereocenters. The second-order valence-electron chi connectivity index (χ2n) is 7.31. The van der Waals surface area contributed by atoms with Gasteiger partial charge in [0.15, 0.2) is 0 Å². The fourth-order valence-corrected chi connectivity index (χ4v) is 3.74. The number of methoxy groups -OCH3 is 1. The number of amides is 1. The van der Waals surface area contributed by atoms with E-state index in [1.165, 1.54) is 0 Å². The molecule has 0 radical (unpaired) electrons. The van der Waals surface area contributed by atoms with Gasteiger partial charge in [-0.25, -0.2) is 0 Å². The number of ether oxygens (including phenoxy) is 3. The molecular formula is C20H31ClN2O4. The van der Waals surface area contributed by atoms with Crippen LogP contribution in [-0.4, -0.2) is 58.6 Å². The van der Waals surface area contributed by atoms with Gasteiger partial charge < -0.3 is 24.8 Å². The van der Waals surface area contributed by atoms with E-state index in [-0.39, 0.29) is 29.8 Å². The maximum atomic E-state index is 12.8. The fraction of sp³-hybridized carbons (Fsp3) is 0.650. The topological polar surface area (TPSA) is 68.8 Å². The number of carbonyl (C=O) groups excluding carboxylic acids is 1. The third kappa shape index (κ3) is 6.07. The van der Waals surface area contributed by atoms with E-state index in [9.17, 15) is 4.79 Å². The second-order valence-corrected chi connectivity index (χ2v) is 7.31. The molecule has 1 atom stereocenters. The molecule has 1 aromatic rings. The third-order valence-corrected chi connectivity index (χ3v) is 5.32. The highest BCUT2D eigenvalue weighted by Crippen LogP contribution is 2.28. The van der Waals surface area contributed by atoms with Crippen molar-refractivity contribution < 1.29 is 19.0 Å². The van der Waals surface area contributed by atoms with Crippen LogP contribution in [0.4, 0.5) is 0 Å². The van der Waals surface area contributed by atoms with Crippen LogP contribution in [-0.2, 0) is 9.47 Å². The molecule has 6 nitrogen and oxygen atoms in total. The molecule has 0 spiro atoms. The van der Waals surface area contributed by atoms with Crippen LogP contribution in [0.25, 0.3) is 0 Å². The highest BCUT2D eigenvalue weighted by molar-refractivity contribution is 5.96. The number of hydrogen-bond acceptors (Lipinski definition) is 5. The molecule has 2 fully saturated rings. The molecule has 2 saturated heterocycles. The largest absolute Gasteiger partial charge is 0.490 e. The van der Waals surface area contributed by atoms with Gasteiger partial charge in [0.05, 0.1) is 18.3 Å². The van der Waals surface area contributed by atoms with E-state index in [0.717, 1.165) is 45.4 Å². The summed E-state index contributed by atoms with van der Waals surface area (Å²) in [5.74, 6) is 0.522. The van der Waals surface area contributed by atoms with E-state index in [0.29, 0.717) is 31.1 Å². The van der Waals surface area contributed by atoms with E-state index in [1.807, 2.05) is 24.3 Å². The molecule has 2 N–H and O–H groups in total. The summed E-state index contributed by atoms with van der Waals surface area (Å²) in [6.45, 7) is 4.48. The van der Waals surface area contributed by atoms with Crippen LogP contribution in [0.1, 0.15) is 36.0 Å². The third-order valence-electron chi connectivity index (χ3n) is 5.32. The Bertz CT molecular complexity index is 582. The van der Waals surface area contributed by atoms with Gasteiger partial charge in [0.25, 0.3) is 5.91 Å². The molecule has 2 aliphatic heterocycles. The minimum atomic E-state index is -0.0954. The number of hydrogen-bond donors (Lipinski definition) is 2.